The van der Waals surface area contributed by atoms with Crippen LogP contribution in [0.15, 0.2) is 30.5 Å². The van der Waals surface area contributed by atoms with Crippen LogP contribution in [0.25, 0.3) is 16.5 Å². The Morgan fingerprint density at radius 2 is 1.83 bits per heavy atom. The Morgan fingerprint density at radius 1 is 1.17 bits per heavy atom. The molecular weight excluding hydrogens is 380 g/mol. The molecule has 0 radical (unpaired) electrons. The third-order valence-electron chi connectivity index (χ3n) is 6.40. The van der Waals surface area contributed by atoms with Crippen LogP contribution in [0.2, 0.25) is 0 Å². The summed E-state index contributed by atoms with van der Waals surface area (Å²) >= 11 is 0. The Kier molecular flexibility index (Phi) is 5.10. The van der Waals surface area contributed by atoms with E-state index in [4.69, 9.17) is 0 Å². The Labute approximate surface area is 176 Å². The van der Waals surface area contributed by atoms with E-state index in [0.717, 1.165) is 29.6 Å². The van der Waals surface area contributed by atoms with Crippen LogP contribution >= 0.6 is 0 Å². The number of piperazine rings is 1. The molecule has 3 N–H and O–H groups in total. The molecule has 0 spiro atoms. The summed E-state index contributed by atoms with van der Waals surface area (Å²) in [6, 6.07) is 7.57. The Morgan fingerprint density at radius 3 is 2.47 bits per heavy atom. The maximum absolute atomic E-state index is 13.6. The summed E-state index contributed by atoms with van der Waals surface area (Å²) in [6.45, 7) is 11.1. The number of para-hydroxylation sites is 1. The van der Waals surface area contributed by atoms with E-state index >= 15 is 0 Å². The predicted molar refractivity (Wildman–Crippen MR) is 117 cm³/mol. The minimum absolute atomic E-state index is 0.123. The number of aliphatic carboxylic acids is 1. The van der Waals surface area contributed by atoms with Crippen molar-refractivity contribution in [1.82, 2.24) is 20.1 Å². The summed E-state index contributed by atoms with van der Waals surface area (Å²) in [5, 5.41) is 14.4. The third-order valence-corrected chi connectivity index (χ3v) is 6.40. The minimum Gasteiger partial charge on any atom is -0.478 e. The van der Waals surface area contributed by atoms with E-state index < -0.39 is 11.4 Å². The second-order valence-corrected chi connectivity index (χ2v) is 9.11. The molecule has 1 saturated heterocycles. The van der Waals surface area contributed by atoms with Crippen LogP contribution in [-0.4, -0.2) is 64.1 Å². The number of carboxylic acid groups (broad SMARTS) is 1. The smallest absolute Gasteiger partial charge is 0.339 e. The number of urea groups is 1. The Balaban J connectivity index is 1.95. The molecule has 1 fully saturated rings. The number of rotatable bonds is 2. The molecule has 2 aliphatic rings. The minimum atomic E-state index is -1.04. The van der Waals surface area contributed by atoms with Crippen molar-refractivity contribution >= 4 is 28.5 Å². The maximum Gasteiger partial charge on any atom is 0.339 e. The van der Waals surface area contributed by atoms with E-state index in [1.165, 1.54) is 0 Å². The standard InChI is InChI=1S/C23H30N4O3/c1-14(2)20-23(3,4)18-15-7-5-6-8-17(15)25-19(18)16(21(28)29)13-27(20)22(30)26-11-9-24-10-12-26/h5-8,13-14,20,24-25H,9-12H2,1-4H3,(H,28,29). The summed E-state index contributed by atoms with van der Waals surface area (Å²) in [7, 11) is 0. The number of carbonyl (C=O) groups is 2. The number of fused-ring (bicyclic) bond motifs is 3. The lowest BCUT2D eigenvalue weighted by atomic mass is 9.72. The molecule has 0 saturated carbocycles. The number of carboxylic acids is 1. The van der Waals surface area contributed by atoms with Crippen molar-refractivity contribution in [2.75, 3.05) is 26.2 Å². The van der Waals surface area contributed by atoms with E-state index in [2.05, 4.69) is 38.0 Å². The fourth-order valence-electron chi connectivity index (χ4n) is 5.30. The number of benzene rings is 1. The van der Waals surface area contributed by atoms with Crippen LogP contribution in [-0.2, 0) is 10.2 Å². The van der Waals surface area contributed by atoms with Crippen LogP contribution in [0.3, 0.4) is 0 Å². The zero-order valence-corrected chi connectivity index (χ0v) is 18.0. The van der Waals surface area contributed by atoms with E-state index in [1.807, 2.05) is 29.2 Å². The van der Waals surface area contributed by atoms with Crippen molar-refractivity contribution in [2.45, 2.75) is 39.2 Å². The summed E-state index contributed by atoms with van der Waals surface area (Å²) in [5.41, 5.74) is 2.12. The molecule has 3 heterocycles. The number of nitrogens with zero attached hydrogens (tertiary/aromatic N) is 2. The maximum atomic E-state index is 13.6. The number of carbonyl (C=O) groups excluding carboxylic acids is 1. The molecule has 2 aliphatic heterocycles. The lowest BCUT2D eigenvalue weighted by Crippen LogP contribution is -2.57. The van der Waals surface area contributed by atoms with E-state index in [9.17, 15) is 14.7 Å². The van der Waals surface area contributed by atoms with Gasteiger partial charge in [0, 0.05) is 54.7 Å². The number of amides is 2. The normalized spacial score (nSPS) is 21.4. The van der Waals surface area contributed by atoms with Crippen molar-refractivity contribution in [2.24, 2.45) is 5.92 Å². The van der Waals surface area contributed by atoms with Gasteiger partial charge in [-0.1, -0.05) is 45.9 Å². The number of hydrogen-bond donors (Lipinski definition) is 3. The molecule has 4 rings (SSSR count). The molecule has 30 heavy (non-hydrogen) atoms. The van der Waals surface area contributed by atoms with Gasteiger partial charge >= 0.3 is 12.0 Å². The molecule has 7 heteroatoms. The highest BCUT2D eigenvalue weighted by Gasteiger charge is 2.46. The lowest BCUT2D eigenvalue weighted by Gasteiger charge is -2.44. The van der Waals surface area contributed by atoms with E-state index in [0.29, 0.717) is 18.8 Å². The van der Waals surface area contributed by atoms with Crippen molar-refractivity contribution < 1.29 is 14.7 Å². The number of aromatic nitrogens is 1. The lowest BCUT2D eigenvalue weighted by molar-refractivity contribution is -0.130. The number of H-pyrrole nitrogens is 1. The predicted octanol–water partition coefficient (Wildman–Crippen LogP) is 3.24. The molecule has 7 nitrogen and oxygen atoms in total. The third kappa shape index (κ3) is 3.17. The first-order chi connectivity index (χ1) is 14.2. The molecule has 1 unspecified atom stereocenters. The first-order valence-electron chi connectivity index (χ1n) is 10.6. The van der Waals surface area contributed by atoms with Crippen molar-refractivity contribution in [3.63, 3.8) is 0 Å². The van der Waals surface area contributed by atoms with Gasteiger partial charge in [-0.2, -0.15) is 0 Å². The first kappa shape index (κ1) is 20.5. The van der Waals surface area contributed by atoms with Crippen molar-refractivity contribution in [3.8, 4) is 0 Å². The van der Waals surface area contributed by atoms with Gasteiger partial charge in [-0.15, -0.1) is 0 Å². The van der Waals surface area contributed by atoms with Gasteiger partial charge in [0.25, 0.3) is 0 Å². The van der Waals surface area contributed by atoms with Gasteiger partial charge < -0.3 is 20.3 Å². The Bertz CT molecular complexity index is 1010. The highest BCUT2D eigenvalue weighted by atomic mass is 16.4. The SMILES string of the molecule is CC(C)C1N(C(=O)N2CCNCC2)C=C(C(=O)O)c2[nH]c3ccccc3c2C1(C)C. The second kappa shape index (κ2) is 7.47. The average molecular weight is 411 g/mol. The van der Waals surface area contributed by atoms with E-state index in [1.54, 1.807) is 11.1 Å². The zero-order chi connectivity index (χ0) is 21.6. The van der Waals surface area contributed by atoms with Gasteiger partial charge in [0.15, 0.2) is 0 Å². The molecule has 160 valence electrons. The van der Waals surface area contributed by atoms with E-state index in [-0.39, 0.29) is 23.6 Å². The fourth-order valence-corrected chi connectivity index (χ4v) is 5.30. The van der Waals surface area contributed by atoms with Gasteiger partial charge in [0.1, 0.15) is 0 Å². The largest absolute Gasteiger partial charge is 0.478 e. The molecule has 1 aromatic heterocycles. The zero-order valence-electron chi connectivity index (χ0n) is 18.0. The molecule has 1 atom stereocenters. The van der Waals surface area contributed by atoms with Gasteiger partial charge in [0.2, 0.25) is 0 Å². The van der Waals surface area contributed by atoms with Gasteiger partial charge in [-0.25, -0.2) is 9.59 Å². The van der Waals surface area contributed by atoms with Crippen LogP contribution < -0.4 is 5.32 Å². The molecular formula is C23H30N4O3. The van der Waals surface area contributed by atoms with Crippen LogP contribution in [0, 0.1) is 5.92 Å². The van der Waals surface area contributed by atoms with Crippen LogP contribution in [0.5, 0.6) is 0 Å². The molecule has 0 aliphatic carbocycles. The topological polar surface area (TPSA) is 88.7 Å². The van der Waals surface area contributed by atoms with Crippen molar-refractivity contribution in [3.05, 3.63) is 41.7 Å². The fraction of sp³-hybridized carbons (Fsp3) is 0.478. The van der Waals surface area contributed by atoms with Gasteiger partial charge in [0.05, 0.1) is 11.3 Å². The average Bonchev–Trinajstić information content (AvgIpc) is 3.05. The molecule has 2 amide bonds. The van der Waals surface area contributed by atoms with Crippen molar-refractivity contribution in [1.29, 1.82) is 0 Å². The number of aromatic amines is 1. The highest BCUT2D eigenvalue weighted by molar-refractivity contribution is 6.17. The second-order valence-electron chi connectivity index (χ2n) is 9.11. The molecule has 2 aromatic rings. The molecule has 1 aromatic carbocycles. The summed E-state index contributed by atoms with van der Waals surface area (Å²) in [4.78, 5) is 32.7. The van der Waals surface area contributed by atoms with Gasteiger partial charge in [-0.05, 0) is 17.5 Å². The Hall–Kier alpha value is -2.80. The van der Waals surface area contributed by atoms with Gasteiger partial charge in [-0.3, -0.25) is 4.90 Å². The highest BCUT2D eigenvalue weighted by Crippen LogP contribution is 2.45. The molecule has 0 bridgehead atoms. The summed E-state index contributed by atoms with van der Waals surface area (Å²) in [5.74, 6) is -0.918. The first-order valence-corrected chi connectivity index (χ1v) is 10.6. The van der Waals surface area contributed by atoms with Crippen LogP contribution in [0.1, 0.15) is 39.0 Å². The number of hydrogen-bond acceptors (Lipinski definition) is 3. The monoisotopic (exact) mass is 410 g/mol. The van der Waals surface area contributed by atoms with Crippen LogP contribution in [0.4, 0.5) is 4.79 Å². The number of nitrogens with one attached hydrogen (secondary N) is 2. The summed E-state index contributed by atoms with van der Waals surface area (Å²) in [6.07, 6.45) is 1.56. The summed E-state index contributed by atoms with van der Waals surface area (Å²) < 4.78 is 0. The quantitative estimate of drug-likeness (QED) is 0.709.